The van der Waals surface area contributed by atoms with Crippen molar-refractivity contribution in [2.24, 2.45) is 5.92 Å². The summed E-state index contributed by atoms with van der Waals surface area (Å²) in [4.78, 5) is 11.5. The predicted molar refractivity (Wildman–Crippen MR) is 63.7 cm³/mol. The SMILES string of the molecule is CCCCOC(=O)C(C)CCC=C(C)C. The lowest BCUT2D eigenvalue weighted by Crippen LogP contribution is -2.15. The molecule has 0 aliphatic carbocycles. The van der Waals surface area contributed by atoms with Crippen LogP contribution in [0.1, 0.15) is 53.4 Å². The zero-order valence-electron chi connectivity index (χ0n) is 10.5. The lowest BCUT2D eigenvalue weighted by atomic mass is 10.1. The summed E-state index contributed by atoms with van der Waals surface area (Å²) in [6, 6.07) is 0. The Kier molecular flexibility index (Phi) is 8.06. The van der Waals surface area contributed by atoms with E-state index in [1.165, 1.54) is 5.57 Å². The molecule has 2 nitrogen and oxygen atoms in total. The quantitative estimate of drug-likeness (QED) is 0.365. The molecule has 15 heavy (non-hydrogen) atoms. The van der Waals surface area contributed by atoms with Gasteiger partial charge in [-0.2, -0.15) is 0 Å². The van der Waals surface area contributed by atoms with Gasteiger partial charge < -0.3 is 4.74 Å². The summed E-state index contributed by atoms with van der Waals surface area (Å²) < 4.78 is 5.14. The van der Waals surface area contributed by atoms with Crippen molar-refractivity contribution in [1.29, 1.82) is 0 Å². The zero-order valence-corrected chi connectivity index (χ0v) is 10.5. The summed E-state index contributed by atoms with van der Waals surface area (Å²) in [7, 11) is 0. The van der Waals surface area contributed by atoms with Crippen LogP contribution in [0.4, 0.5) is 0 Å². The molecule has 0 heterocycles. The molecular weight excluding hydrogens is 188 g/mol. The van der Waals surface area contributed by atoms with Gasteiger partial charge in [-0.25, -0.2) is 0 Å². The van der Waals surface area contributed by atoms with Gasteiger partial charge in [0.1, 0.15) is 0 Å². The fourth-order valence-electron chi connectivity index (χ4n) is 1.20. The van der Waals surface area contributed by atoms with E-state index < -0.39 is 0 Å². The van der Waals surface area contributed by atoms with Gasteiger partial charge >= 0.3 is 5.97 Å². The molecule has 0 bridgehead atoms. The van der Waals surface area contributed by atoms with Crippen LogP contribution in [0.3, 0.4) is 0 Å². The number of ether oxygens (including phenoxy) is 1. The first-order valence-corrected chi connectivity index (χ1v) is 5.88. The molecule has 0 amide bonds. The molecule has 0 rings (SSSR count). The van der Waals surface area contributed by atoms with Crippen molar-refractivity contribution in [3.63, 3.8) is 0 Å². The number of unbranched alkanes of at least 4 members (excludes halogenated alkanes) is 1. The second-order valence-corrected chi connectivity index (χ2v) is 4.28. The number of rotatable bonds is 7. The highest BCUT2D eigenvalue weighted by atomic mass is 16.5. The third-order valence-electron chi connectivity index (χ3n) is 2.30. The molecule has 0 aromatic rings. The fraction of sp³-hybridized carbons (Fsp3) is 0.769. The Morgan fingerprint density at radius 1 is 1.40 bits per heavy atom. The predicted octanol–water partition coefficient (Wildman–Crippen LogP) is 3.71. The molecule has 0 spiro atoms. The van der Waals surface area contributed by atoms with Gasteiger partial charge in [-0.05, 0) is 33.1 Å². The monoisotopic (exact) mass is 212 g/mol. The number of hydrogen-bond acceptors (Lipinski definition) is 2. The molecule has 0 aliphatic rings. The number of carbonyl (C=O) groups excluding carboxylic acids is 1. The van der Waals surface area contributed by atoms with Gasteiger partial charge in [-0.15, -0.1) is 0 Å². The molecule has 88 valence electrons. The molecular formula is C13H24O2. The Hall–Kier alpha value is -0.790. The van der Waals surface area contributed by atoms with Crippen LogP contribution in [0, 0.1) is 5.92 Å². The second kappa shape index (κ2) is 8.51. The smallest absolute Gasteiger partial charge is 0.308 e. The van der Waals surface area contributed by atoms with Crippen molar-refractivity contribution in [1.82, 2.24) is 0 Å². The molecule has 0 aromatic carbocycles. The maximum absolute atomic E-state index is 11.5. The maximum Gasteiger partial charge on any atom is 0.308 e. The van der Waals surface area contributed by atoms with Gasteiger partial charge in [-0.3, -0.25) is 4.79 Å². The van der Waals surface area contributed by atoms with E-state index in [0.717, 1.165) is 25.7 Å². The van der Waals surface area contributed by atoms with Crippen molar-refractivity contribution in [3.05, 3.63) is 11.6 Å². The Balaban J connectivity index is 3.64. The standard InChI is InChI=1S/C13H24O2/c1-5-6-10-15-13(14)12(4)9-7-8-11(2)3/h8,12H,5-7,9-10H2,1-4H3. The molecule has 0 aromatic heterocycles. The average molecular weight is 212 g/mol. The highest BCUT2D eigenvalue weighted by molar-refractivity contribution is 5.71. The second-order valence-electron chi connectivity index (χ2n) is 4.28. The molecule has 1 atom stereocenters. The molecule has 0 N–H and O–H groups in total. The lowest BCUT2D eigenvalue weighted by molar-refractivity contribution is -0.148. The van der Waals surface area contributed by atoms with Gasteiger partial charge in [0.25, 0.3) is 0 Å². The van der Waals surface area contributed by atoms with E-state index in [1.54, 1.807) is 0 Å². The number of esters is 1. The van der Waals surface area contributed by atoms with Crippen LogP contribution < -0.4 is 0 Å². The zero-order chi connectivity index (χ0) is 11.7. The first-order valence-electron chi connectivity index (χ1n) is 5.88. The first kappa shape index (κ1) is 14.2. The number of hydrogen-bond donors (Lipinski definition) is 0. The summed E-state index contributed by atoms with van der Waals surface area (Å²) in [5.41, 5.74) is 1.31. The van der Waals surface area contributed by atoms with Gasteiger partial charge in [0, 0.05) is 0 Å². The van der Waals surface area contributed by atoms with Crippen molar-refractivity contribution in [2.75, 3.05) is 6.61 Å². The van der Waals surface area contributed by atoms with Crippen LogP contribution in [0.15, 0.2) is 11.6 Å². The largest absolute Gasteiger partial charge is 0.465 e. The van der Waals surface area contributed by atoms with Crippen LogP contribution in [-0.4, -0.2) is 12.6 Å². The normalized spacial score (nSPS) is 12.0. The van der Waals surface area contributed by atoms with Gasteiger partial charge in [0.05, 0.1) is 12.5 Å². The minimum atomic E-state index is -0.0504. The molecule has 0 fully saturated rings. The van der Waals surface area contributed by atoms with E-state index in [1.807, 2.05) is 6.92 Å². The summed E-state index contributed by atoms with van der Waals surface area (Å²) >= 11 is 0. The van der Waals surface area contributed by atoms with Crippen LogP contribution in [0.5, 0.6) is 0 Å². The Morgan fingerprint density at radius 3 is 2.60 bits per heavy atom. The van der Waals surface area contributed by atoms with Gasteiger partial charge in [0.15, 0.2) is 0 Å². The highest BCUT2D eigenvalue weighted by Crippen LogP contribution is 2.10. The molecule has 1 unspecified atom stereocenters. The van der Waals surface area contributed by atoms with E-state index in [4.69, 9.17) is 4.74 Å². The van der Waals surface area contributed by atoms with E-state index >= 15 is 0 Å². The molecule has 0 saturated heterocycles. The first-order chi connectivity index (χ1) is 7.07. The summed E-state index contributed by atoms with van der Waals surface area (Å²) in [6.45, 7) is 8.75. The minimum absolute atomic E-state index is 0.0254. The highest BCUT2D eigenvalue weighted by Gasteiger charge is 2.12. The number of carbonyl (C=O) groups is 1. The average Bonchev–Trinajstić information content (AvgIpc) is 2.17. The van der Waals surface area contributed by atoms with Crippen molar-refractivity contribution < 1.29 is 9.53 Å². The summed E-state index contributed by atoms with van der Waals surface area (Å²) in [6.07, 6.45) is 6.05. The fourth-order valence-corrected chi connectivity index (χ4v) is 1.20. The van der Waals surface area contributed by atoms with Gasteiger partial charge in [-0.1, -0.05) is 31.9 Å². The van der Waals surface area contributed by atoms with Crippen LogP contribution in [-0.2, 0) is 9.53 Å². The minimum Gasteiger partial charge on any atom is -0.465 e. The Bertz CT molecular complexity index is 203. The molecule has 0 radical (unpaired) electrons. The van der Waals surface area contributed by atoms with E-state index in [0.29, 0.717) is 6.61 Å². The summed E-state index contributed by atoms with van der Waals surface area (Å²) in [5, 5.41) is 0. The van der Waals surface area contributed by atoms with Crippen molar-refractivity contribution in [3.8, 4) is 0 Å². The van der Waals surface area contributed by atoms with Crippen LogP contribution in [0.2, 0.25) is 0 Å². The summed E-state index contributed by atoms with van der Waals surface area (Å²) in [5.74, 6) is -0.0249. The van der Waals surface area contributed by atoms with Crippen molar-refractivity contribution in [2.45, 2.75) is 53.4 Å². The van der Waals surface area contributed by atoms with Crippen LogP contribution >= 0.6 is 0 Å². The van der Waals surface area contributed by atoms with Crippen molar-refractivity contribution >= 4 is 5.97 Å². The van der Waals surface area contributed by atoms with E-state index in [9.17, 15) is 4.79 Å². The number of allylic oxidation sites excluding steroid dienone is 2. The van der Waals surface area contributed by atoms with Crippen LogP contribution in [0.25, 0.3) is 0 Å². The lowest BCUT2D eigenvalue weighted by Gasteiger charge is -2.09. The molecule has 0 saturated carbocycles. The van der Waals surface area contributed by atoms with E-state index in [2.05, 4.69) is 26.8 Å². The third-order valence-corrected chi connectivity index (χ3v) is 2.30. The van der Waals surface area contributed by atoms with E-state index in [-0.39, 0.29) is 11.9 Å². The molecule has 2 heteroatoms. The Morgan fingerprint density at radius 2 is 2.07 bits per heavy atom. The third kappa shape index (κ3) is 8.22. The Labute approximate surface area is 93.7 Å². The molecule has 0 aliphatic heterocycles. The van der Waals surface area contributed by atoms with Gasteiger partial charge in [0.2, 0.25) is 0 Å². The maximum atomic E-state index is 11.5. The topological polar surface area (TPSA) is 26.3 Å².